The fourth-order valence-electron chi connectivity index (χ4n) is 2.88. The summed E-state index contributed by atoms with van der Waals surface area (Å²) in [4.78, 5) is 0. The second-order valence-electron chi connectivity index (χ2n) is 6.10. The van der Waals surface area contributed by atoms with Crippen molar-refractivity contribution in [3.05, 3.63) is 35.9 Å². The smallest absolute Gasteiger partial charge is 0.0726 e. The SMILES string of the molecule is CC(C)CC(NC(C)C1CCCO1)c1ccccc1. The van der Waals surface area contributed by atoms with Crippen molar-refractivity contribution in [2.75, 3.05) is 6.61 Å². The summed E-state index contributed by atoms with van der Waals surface area (Å²) in [5.74, 6) is 0.689. The van der Waals surface area contributed by atoms with E-state index in [9.17, 15) is 0 Å². The molecule has 1 aliphatic rings. The molecule has 0 radical (unpaired) electrons. The Morgan fingerprint density at radius 1 is 1.21 bits per heavy atom. The van der Waals surface area contributed by atoms with Crippen LogP contribution in [0.3, 0.4) is 0 Å². The zero-order chi connectivity index (χ0) is 13.7. The molecule has 19 heavy (non-hydrogen) atoms. The average Bonchev–Trinajstić information content (AvgIpc) is 2.92. The number of hydrogen-bond donors (Lipinski definition) is 1. The molecule has 2 rings (SSSR count). The zero-order valence-electron chi connectivity index (χ0n) is 12.4. The number of benzene rings is 1. The van der Waals surface area contributed by atoms with Crippen molar-refractivity contribution >= 4 is 0 Å². The third-order valence-corrected chi connectivity index (χ3v) is 3.90. The highest BCUT2D eigenvalue weighted by molar-refractivity contribution is 5.19. The van der Waals surface area contributed by atoms with Crippen molar-refractivity contribution in [1.82, 2.24) is 5.32 Å². The molecule has 2 heteroatoms. The van der Waals surface area contributed by atoms with Gasteiger partial charge in [-0.3, -0.25) is 0 Å². The number of hydrogen-bond acceptors (Lipinski definition) is 2. The third-order valence-electron chi connectivity index (χ3n) is 3.90. The van der Waals surface area contributed by atoms with Crippen molar-refractivity contribution in [2.45, 2.75) is 58.2 Å². The van der Waals surface area contributed by atoms with E-state index >= 15 is 0 Å². The van der Waals surface area contributed by atoms with Crippen LogP contribution in [0, 0.1) is 5.92 Å². The molecule has 0 aromatic heterocycles. The summed E-state index contributed by atoms with van der Waals surface area (Å²) in [6.45, 7) is 7.76. The van der Waals surface area contributed by atoms with Gasteiger partial charge in [0.2, 0.25) is 0 Å². The van der Waals surface area contributed by atoms with Gasteiger partial charge in [0.25, 0.3) is 0 Å². The Morgan fingerprint density at radius 2 is 1.95 bits per heavy atom. The largest absolute Gasteiger partial charge is 0.377 e. The average molecular weight is 261 g/mol. The molecule has 1 saturated heterocycles. The summed E-state index contributed by atoms with van der Waals surface area (Å²) in [5, 5.41) is 3.78. The summed E-state index contributed by atoms with van der Waals surface area (Å²) in [6, 6.07) is 11.6. The minimum atomic E-state index is 0.387. The minimum absolute atomic E-state index is 0.387. The van der Waals surface area contributed by atoms with E-state index in [1.165, 1.54) is 24.8 Å². The Balaban J connectivity index is 2.01. The molecule has 0 amide bonds. The normalized spacial score (nSPS) is 22.6. The molecule has 3 unspecified atom stereocenters. The summed E-state index contributed by atoms with van der Waals surface area (Å²) in [5.41, 5.74) is 1.39. The topological polar surface area (TPSA) is 21.3 Å². The molecular formula is C17H27NO. The highest BCUT2D eigenvalue weighted by Crippen LogP contribution is 2.24. The third kappa shape index (κ3) is 4.32. The molecule has 1 aromatic rings. The first-order valence-corrected chi connectivity index (χ1v) is 7.59. The van der Waals surface area contributed by atoms with Gasteiger partial charge in [0, 0.05) is 18.7 Å². The van der Waals surface area contributed by atoms with Gasteiger partial charge >= 0.3 is 0 Å². The van der Waals surface area contributed by atoms with Gasteiger partial charge in [0.15, 0.2) is 0 Å². The van der Waals surface area contributed by atoms with Gasteiger partial charge < -0.3 is 10.1 Å². The molecule has 0 aliphatic carbocycles. The van der Waals surface area contributed by atoms with Crippen LogP contribution in [-0.2, 0) is 4.74 Å². The van der Waals surface area contributed by atoms with Crippen LogP contribution in [0.4, 0.5) is 0 Å². The lowest BCUT2D eigenvalue weighted by Crippen LogP contribution is -2.39. The Hall–Kier alpha value is -0.860. The highest BCUT2D eigenvalue weighted by Gasteiger charge is 2.25. The second-order valence-corrected chi connectivity index (χ2v) is 6.10. The van der Waals surface area contributed by atoms with Gasteiger partial charge in [-0.2, -0.15) is 0 Å². The quantitative estimate of drug-likeness (QED) is 0.837. The van der Waals surface area contributed by atoms with Crippen molar-refractivity contribution in [3.8, 4) is 0 Å². The van der Waals surface area contributed by atoms with E-state index in [1.54, 1.807) is 0 Å². The number of ether oxygens (including phenoxy) is 1. The van der Waals surface area contributed by atoms with Gasteiger partial charge in [-0.15, -0.1) is 0 Å². The van der Waals surface area contributed by atoms with E-state index in [-0.39, 0.29) is 0 Å². The van der Waals surface area contributed by atoms with Crippen LogP contribution in [0.1, 0.15) is 51.6 Å². The van der Waals surface area contributed by atoms with E-state index < -0.39 is 0 Å². The molecule has 0 bridgehead atoms. The first-order chi connectivity index (χ1) is 9.16. The predicted octanol–water partition coefficient (Wildman–Crippen LogP) is 3.93. The molecule has 1 N–H and O–H groups in total. The van der Waals surface area contributed by atoms with Crippen molar-refractivity contribution < 1.29 is 4.74 Å². The van der Waals surface area contributed by atoms with Crippen molar-refractivity contribution in [1.29, 1.82) is 0 Å². The second kappa shape index (κ2) is 7.06. The lowest BCUT2D eigenvalue weighted by molar-refractivity contribution is 0.0785. The monoisotopic (exact) mass is 261 g/mol. The van der Waals surface area contributed by atoms with E-state index in [1.807, 2.05) is 0 Å². The molecule has 106 valence electrons. The van der Waals surface area contributed by atoms with Crippen LogP contribution in [0.15, 0.2) is 30.3 Å². The summed E-state index contributed by atoms with van der Waals surface area (Å²) < 4.78 is 5.79. The molecule has 1 fully saturated rings. The molecule has 1 heterocycles. The fraction of sp³-hybridized carbons (Fsp3) is 0.647. The van der Waals surface area contributed by atoms with Crippen LogP contribution in [0.2, 0.25) is 0 Å². The molecule has 3 atom stereocenters. The zero-order valence-corrected chi connectivity index (χ0v) is 12.4. The fourth-order valence-corrected chi connectivity index (χ4v) is 2.88. The molecular weight excluding hydrogens is 234 g/mol. The van der Waals surface area contributed by atoms with Crippen LogP contribution in [-0.4, -0.2) is 18.8 Å². The standard InChI is InChI=1S/C17H27NO/c1-13(2)12-16(15-8-5-4-6-9-15)18-14(3)17-10-7-11-19-17/h4-6,8-9,13-14,16-18H,7,10-12H2,1-3H3. The van der Waals surface area contributed by atoms with E-state index in [4.69, 9.17) is 4.74 Å². The molecule has 1 aliphatic heterocycles. The van der Waals surface area contributed by atoms with E-state index in [0.717, 1.165) is 6.61 Å². The van der Waals surface area contributed by atoms with Gasteiger partial charge in [0.1, 0.15) is 0 Å². The highest BCUT2D eigenvalue weighted by atomic mass is 16.5. The van der Waals surface area contributed by atoms with Crippen molar-refractivity contribution in [2.24, 2.45) is 5.92 Å². The Kier molecular flexibility index (Phi) is 5.41. The lowest BCUT2D eigenvalue weighted by atomic mass is 9.95. The lowest BCUT2D eigenvalue weighted by Gasteiger charge is -2.28. The van der Waals surface area contributed by atoms with E-state index in [0.29, 0.717) is 24.1 Å². The maximum atomic E-state index is 5.79. The molecule has 0 saturated carbocycles. The Morgan fingerprint density at radius 3 is 2.53 bits per heavy atom. The first-order valence-electron chi connectivity index (χ1n) is 7.59. The van der Waals surface area contributed by atoms with Crippen molar-refractivity contribution in [3.63, 3.8) is 0 Å². The maximum Gasteiger partial charge on any atom is 0.0726 e. The van der Waals surface area contributed by atoms with Crippen LogP contribution in [0.5, 0.6) is 0 Å². The Labute approximate surface area is 117 Å². The maximum absolute atomic E-state index is 5.79. The first kappa shape index (κ1) is 14.5. The van der Waals surface area contributed by atoms with Crippen LogP contribution < -0.4 is 5.32 Å². The summed E-state index contributed by atoms with van der Waals surface area (Å²) in [6.07, 6.45) is 3.95. The van der Waals surface area contributed by atoms with Crippen LogP contribution >= 0.6 is 0 Å². The molecule has 2 nitrogen and oxygen atoms in total. The van der Waals surface area contributed by atoms with Gasteiger partial charge in [-0.1, -0.05) is 44.2 Å². The predicted molar refractivity (Wildman–Crippen MR) is 80.2 cm³/mol. The van der Waals surface area contributed by atoms with Crippen LogP contribution in [0.25, 0.3) is 0 Å². The molecule has 0 spiro atoms. The van der Waals surface area contributed by atoms with Gasteiger partial charge in [-0.05, 0) is 37.7 Å². The molecule has 1 aromatic carbocycles. The minimum Gasteiger partial charge on any atom is -0.377 e. The number of rotatable bonds is 6. The number of nitrogens with one attached hydrogen (secondary N) is 1. The van der Waals surface area contributed by atoms with Gasteiger partial charge in [-0.25, -0.2) is 0 Å². The Bertz CT molecular complexity index is 357. The van der Waals surface area contributed by atoms with E-state index in [2.05, 4.69) is 56.4 Å². The summed E-state index contributed by atoms with van der Waals surface area (Å²) in [7, 11) is 0. The van der Waals surface area contributed by atoms with Gasteiger partial charge in [0.05, 0.1) is 6.10 Å². The summed E-state index contributed by atoms with van der Waals surface area (Å²) >= 11 is 0.